The molecule has 2 nitrogen and oxygen atoms in total. The fraction of sp³-hybridized carbons (Fsp3) is 0. The summed E-state index contributed by atoms with van der Waals surface area (Å²) in [6.07, 6.45) is 0. The summed E-state index contributed by atoms with van der Waals surface area (Å²) >= 11 is 0.611. The van der Waals surface area contributed by atoms with E-state index in [-0.39, 0.29) is 0 Å². The molecule has 0 radical (unpaired) electrons. The fourth-order valence-corrected chi connectivity index (χ4v) is 0. The Kier molecular flexibility index (Phi) is 880. The number of rotatable bonds is 0. The van der Waals surface area contributed by atoms with E-state index in [1.807, 2.05) is 7.72 Å². The summed E-state index contributed by atoms with van der Waals surface area (Å²) < 4.78 is 16.3. The Balaban J connectivity index is 0. The van der Waals surface area contributed by atoms with Crippen LogP contribution < -0.4 is 0 Å². The van der Waals surface area contributed by atoms with Crippen LogP contribution in [0.15, 0.2) is 0 Å². The Bertz CT molecular complexity index is 8.00. The number of hydrogen-bond acceptors (Lipinski definition) is 2. The first-order valence-electron chi connectivity index (χ1n) is 0.577. The molecule has 0 amide bonds. The van der Waals surface area contributed by atoms with Crippen LogP contribution in [0.2, 0.25) is 0 Å². The van der Waals surface area contributed by atoms with E-state index in [4.69, 9.17) is 8.51 Å². The topological polar surface area (TPSA) is 34.1 Å². The standard InChI is InChI=1S/Al.BHO.O.H/c;1-2;;/h;1H;;. The van der Waals surface area contributed by atoms with Gasteiger partial charge in [0, 0.05) is 0 Å². The van der Waals surface area contributed by atoms with Gasteiger partial charge in [0.05, 0.1) is 0 Å². The van der Waals surface area contributed by atoms with E-state index < -0.39 is 0 Å². The molecule has 4 heteroatoms. The Morgan fingerprint density at radius 1 is 1.25 bits per heavy atom. The second-order valence-corrected chi connectivity index (χ2v) is 0. The van der Waals surface area contributed by atoms with Gasteiger partial charge in [0.2, 0.25) is 0 Å². The van der Waals surface area contributed by atoms with E-state index in [0.29, 0.717) is 16.2 Å². The van der Waals surface area contributed by atoms with E-state index >= 15 is 0 Å². The summed E-state index contributed by atoms with van der Waals surface area (Å²) in [7, 11) is 2.00. The molecule has 4 heavy (non-hydrogen) atoms. The maximum absolute atomic E-state index is 8.28. The van der Waals surface area contributed by atoms with E-state index in [1.54, 1.807) is 0 Å². The molecule has 0 aromatic rings. The molecule has 0 heterocycles. The molecule has 0 spiro atoms. The second-order valence-electron chi connectivity index (χ2n) is 0. The quantitative estimate of drug-likeness (QED) is 0.325. The van der Waals surface area contributed by atoms with Gasteiger partial charge in [-0.2, -0.15) is 0 Å². The van der Waals surface area contributed by atoms with Crippen molar-refractivity contribution in [1.29, 1.82) is 0 Å². The van der Waals surface area contributed by atoms with Crippen LogP contribution in [0.3, 0.4) is 0 Å². The van der Waals surface area contributed by atoms with Crippen molar-refractivity contribution in [2.75, 3.05) is 0 Å². The molecule has 0 saturated carbocycles. The van der Waals surface area contributed by atoms with Gasteiger partial charge in [-0.1, -0.05) is 0 Å². The van der Waals surface area contributed by atoms with Gasteiger partial charge in [-0.25, -0.2) is 0 Å². The van der Waals surface area contributed by atoms with Crippen LogP contribution in [-0.2, 0) is 8.51 Å². The predicted octanol–water partition coefficient (Wildman–Crippen LogP) is -1.53. The summed E-state index contributed by atoms with van der Waals surface area (Å²) in [6.45, 7) is 0. The first-order chi connectivity index (χ1) is 2.00. The van der Waals surface area contributed by atoms with Crippen LogP contribution in [0.4, 0.5) is 0 Å². The van der Waals surface area contributed by atoms with Gasteiger partial charge < -0.3 is 0 Å². The second kappa shape index (κ2) is 396. The van der Waals surface area contributed by atoms with Crippen LogP contribution >= 0.6 is 0 Å². The molecule has 0 atom stereocenters. The van der Waals surface area contributed by atoms with Gasteiger partial charge in [0.25, 0.3) is 0 Å². The Labute approximate surface area is 33.2 Å². The van der Waals surface area contributed by atoms with Crippen LogP contribution in [0.1, 0.15) is 0 Å². The summed E-state index contributed by atoms with van der Waals surface area (Å²) in [5.41, 5.74) is 0. The van der Waals surface area contributed by atoms with Crippen LogP contribution in [0.5, 0.6) is 0 Å². The Morgan fingerprint density at radius 3 is 1.25 bits per heavy atom. The van der Waals surface area contributed by atoms with E-state index in [1.165, 1.54) is 0 Å². The van der Waals surface area contributed by atoms with Crippen molar-refractivity contribution in [3.8, 4) is 0 Å². The fourth-order valence-electron chi connectivity index (χ4n) is 0. The van der Waals surface area contributed by atoms with Crippen molar-refractivity contribution in [1.82, 2.24) is 0 Å². The normalized spacial score (nSPS) is 1.50. The average molecular weight is 71.8 g/mol. The molecule has 0 aromatic heterocycles. The van der Waals surface area contributed by atoms with Crippen molar-refractivity contribution in [3.63, 3.8) is 0 Å². The third-order valence-corrected chi connectivity index (χ3v) is 0. The molecule has 0 aliphatic heterocycles. The van der Waals surface area contributed by atoms with Gasteiger partial charge in [0.1, 0.15) is 0 Å². The van der Waals surface area contributed by atoms with Crippen LogP contribution in [0.25, 0.3) is 0 Å². The first-order valence-corrected chi connectivity index (χ1v) is 1.15. The van der Waals surface area contributed by atoms with Gasteiger partial charge >= 0.3 is 32.4 Å². The molecule has 0 aliphatic carbocycles. The van der Waals surface area contributed by atoms with Crippen LogP contribution in [-0.4, -0.2) is 23.9 Å². The SMILES string of the molecule is B=O.[O]=[AlH]. The molecular formula is H2AlBO2. The number of hydrogen-bond donors (Lipinski definition) is 0. The van der Waals surface area contributed by atoms with Gasteiger partial charge in [0.15, 0.2) is 0 Å². The van der Waals surface area contributed by atoms with Gasteiger partial charge in [-0.05, 0) is 0 Å². The summed E-state index contributed by atoms with van der Waals surface area (Å²) in [4.78, 5) is 0. The minimum absolute atomic E-state index is 0.611. The maximum atomic E-state index is 8.28. The molecule has 0 aromatic carbocycles. The molecule has 0 fully saturated rings. The Morgan fingerprint density at radius 2 is 1.25 bits per heavy atom. The van der Waals surface area contributed by atoms with Crippen molar-refractivity contribution < 1.29 is 8.51 Å². The third-order valence-electron chi connectivity index (χ3n) is 0. The molecule has 0 saturated heterocycles. The van der Waals surface area contributed by atoms with Crippen LogP contribution in [0, 0.1) is 0 Å². The molecule has 0 rings (SSSR count). The predicted molar refractivity (Wildman–Crippen MR) is 15.7 cm³/mol. The zero-order valence-electron chi connectivity index (χ0n) is 2.23. The average Bonchev–Trinajstić information content (AvgIpc) is 1.50. The molecular weight excluding hydrogens is 69.8 g/mol. The van der Waals surface area contributed by atoms with Gasteiger partial charge in [-0.15, -0.1) is 0 Å². The first kappa shape index (κ1) is 8.89. The van der Waals surface area contributed by atoms with E-state index in [9.17, 15) is 0 Å². The summed E-state index contributed by atoms with van der Waals surface area (Å²) in [5, 5.41) is 0. The van der Waals surface area contributed by atoms with Gasteiger partial charge in [-0.3, -0.25) is 0 Å². The van der Waals surface area contributed by atoms with Crippen molar-refractivity contribution in [2.24, 2.45) is 0 Å². The van der Waals surface area contributed by atoms with E-state index in [2.05, 4.69) is 0 Å². The Hall–Kier alpha value is 0.197. The minimum atomic E-state index is 0.611. The summed E-state index contributed by atoms with van der Waals surface area (Å²) in [5.74, 6) is 0. The zero-order chi connectivity index (χ0) is 4.00. The van der Waals surface area contributed by atoms with Crippen molar-refractivity contribution >= 4 is 23.9 Å². The van der Waals surface area contributed by atoms with Crippen molar-refractivity contribution in [3.05, 3.63) is 0 Å². The third kappa shape index (κ3) is 80.9. The molecule has 0 unspecified atom stereocenters. The molecule has 0 aliphatic rings. The summed E-state index contributed by atoms with van der Waals surface area (Å²) in [6, 6.07) is 0. The zero-order valence-corrected chi connectivity index (χ0v) is 3.64. The van der Waals surface area contributed by atoms with E-state index in [0.717, 1.165) is 0 Å². The molecule has 0 N–H and O–H groups in total. The van der Waals surface area contributed by atoms with Crippen molar-refractivity contribution in [2.45, 2.75) is 0 Å². The molecule has 0 bridgehead atoms. The monoisotopic (exact) mass is 72.0 g/mol. The molecule has 20 valence electrons.